The summed E-state index contributed by atoms with van der Waals surface area (Å²) in [6.45, 7) is 5.96. The van der Waals surface area contributed by atoms with Crippen LogP contribution in [0.5, 0.6) is 5.75 Å². The second kappa shape index (κ2) is 14.2. The largest absolute Gasteiger partial charge is 0.486 e. The number of carbonyl (C=O) groups is 3. The Morgan fingerprint density at radius 2 is 1.81 bits per heavy atom. The van der Waals surface area contributed by atoms with Crippen LogP contribution in [0.25, 0.3) is 0 Å². The van der Waals surface area contributed by atoms with E-state index in [1.165, 1.54) is 24.3 Å². The molecule has 4 rings (SSSR count). The van der Waals surface area contributed by atoms with Crippen molar-refractivity contribution >= 4 is 17.9 Å². The van der Waals surface area contributed by atoms with Gasteiger partial charge in [-0.15, -0.1) is 6.42 Å². The van der Waals surface area contributed by atoms with Crippen molar-refractivity contribution in [3.63, 3.8) is 0 Å². The fourth-order valence-electron chi connectivity index (χ4n) is 5.40. The lowest BCUT2D eigenvalue weighted by Crippen LogP contribution is -2.58. The van der Waals surface area contributed by atoms with Gasteiger partial charge in [0.05, 0.1) is 24.7 Å². The molecule has 2 aromatic rings. The van der Waals surface area contributed by atoms with Crippen LogP contribution in [0, 0.1) is 24.1 Å². The van der Waals surface area contributed by atoms with E-state index in [2.05, 4.69) is 11.2 Å². The molecular formula is C32H38FN3O6. The number of terminal acetylenes is 1. The summed E-state index contributed by atoms with van der Waals surface area (Å²) in [5.41, 5.74) is 0.852. The lowest BCUT2D eigenvalue weighted by Gasteiger charge is -2.34. The minimum atomic E-state index is -0.996. The Balaban J connectivity index is 1.58. The number of carbonyl (C=O) groups excluding carboxylic acids is 3. The third-order valence-electron chi connectivity index (χ3n) is 7.92. The minimum Gasteiger partial charge on any atom is -0.486 e. The second-order valence-corrected chi connectivity index (χ2v) is 10.7. The average Bonchev–Trinajstić information content (AvgIpc) is 3.59. The highest BCUT2D eigenvalue weighted by Gasteiger charge is 2.54. The molecule has 0 bridgehead atoms. The van der Waals surface area contributed by atoms with Crippen molar-refractivity contribution in [3.8, 4) is 18.1 Å². The van der Waals surface area contributed by atoms with E-state index >= 15 is 0 Å². The van der Waals surface area contributed by atoms with E-state index in [1.54, 1.807) is 23.6 Å². The summed E-state index contributed by atoms with van der Waals surface area (Å²) in [6.07, 6.45) is 4.63. The molecule has 42 heavy (non-hydrogen) atoms. The van der Waals surface area contributed by atoms with Crippen molar-refractivity contribution in [1.82, 2.24) is 15.1 Å². The van der Waals surface area contributed by atoms with E-state index < -0.39 is 36.2 Å². The van der Waals surface area contributed by atoms with Crippen molar-refractivity contribution < 1.29 is 33.0 Å². The molecule has 9 nitrogen and oxygen atoms in total. The van der Waals surface area contributed by atoms with Gasteiger partial charge in [-0.3, -0.25) is 14.5 Å². The first kappa shape index (κ1) is 30.8. The molecule has 0 saturated carbocycles. The molecular weight excluding hydrogens is 541 g/mol. The van der Waals surface area contributed by atoms with Crippen LogP contribution in [0.1, 0.15) is 39.2 Å². The molecule has 0 aliphatic carbocycles. The monoisotopic (exact) mass is 579 g/mol. The molecule has 3 amide bonds. The van der Waals surface area contributed by atoms with Crippen molar-refractivity contribution in [2.75, 3.05) is 19.7 Å². The van der Waals surface area contributed by atoms with Gasteiger partial charge in [-0.25, -0.2) is 9.18 Å². The van der Waals surface area contributed by atoms with Gasteiger partial charge in [-0.05, 0) is 49.6 Å². The standard InChI is InChI=1S/C32H38FN3O6/c1-5-18-40-22(4)28(34-30(37)21(3)6-2)31(38)35-17-16-26-29(35)27(42-25-14-12-24(33)13-15-25)19-36(26)32(39)41-20-23-10-8-7-9-11-23/h1,7-15,21-22,26-29H,6,16-20H2,2-4H3,(H,34,37)/t21-,22-,26-,27+,28+,29+/m1/s1. The van der Waals surface area contributed by atoms with E-state index in [4.69, 9.17) is 20.6 Å². The number of amides is 3. The highest BCUT2D eigenvalue weighted by Crippen LogP contribution is 2.35. The zero-order valence-electron chi connectivity index (χ0n) is 24.2. The Bertz CT molecular complexity index is 1270. The van der Waals surface area contributed by atoms with E-state index in [0.717, 1.165) is 5.56 Å². The first-order valence-corrected chi connectivity index (χ1v) is 14.3. The molecule has 2 fully saturated rings. The number of fused-ring (bicyclic) bond motifs is 1. The fraction of sp³-hybridized carbons (Fsp3) is 0.469. The molecule has 0 unspecified atom stereocenters. The molecule has 2 heterocycles. The first-order chi connectivity index (χ1) is 20.2. The predicted octanol–water partition coefficient (Wildman–Crippen LogP) is 3.76. The SMILES string of the molecule is C#CCO[C@H](C)[C@H](NC(=O)[C@H](C)CC)C(=O)N1CC[C@@H]2[C@H]1[C@@H](Oc1ccc(F)cc1)CN2C(=O)OCc1ccccc1. The first-order valence-electron chi connectivity index (χ1n) is 14.3. The lowest BCUT2D eigenvalue weighted by atomic mass is 10.0. The van der Waals surface area contributed by atoms with Crippen LogP contribution < -0.4 is 10.1 Å². The van der Waals surface area contributed by atoms with Gasteiger partial charge in [0.1, 0.15) is 36.9 Å². The Morgan fingerprint density at radius 3 is 2.48 bits per heavy atom. The summed E-state index contributed by atoms with van der Waals surface area (Å²) in [4.78, 5) is 43.5. The fourth-order valence-corrected chi connectivity index (χ4v) is 5.40. The van der Waals surface area contributed by atoms with E-state index in [1.807, 2.05) is 37.3 Å². The van der Waals surface area contributed by atoms with Crippen molar-refractivity contribution in [2.24, 2.45) is 5.92 Å². The van der Waals surface area contributed by atoms with Crippen molar-refractivity contribution in [3.05, 3.63) is 66.0 Å². The van der Waals surface area contributed by atoms with Gasteiger partial charge in [0.15, 0.2) is 0 Å². The normalized spacial score (nSPS) is 21.5. The molecule has 224 valence electrons. The summed E-state index contributed by atoms with van der Waals surface area (Å²) in [5.74, 6) is 1.49. The summed E-state index contributed by atoms with van der Waals surface area (Å²) >= 11 is 0. The Morgan fingerprint density at radius 1 is 1.10 bits per heavy atom. The molecule has 0 radical (unpaired) electrons. The molecule has 2 saturated heterocycles. The zero-order chi connectivity index (χ0) is 30.2. The minimum absolute atomic E-state index is 0.0203. The molecule has 0 aromatic heterocycles. The van der Waals surface area contributed by atoms with Gasteiger partial charge in [0.2, 0.25) is 11.8 Å². The lowest BCUT2D eigenvalue weighted by molar-refractivity contribution is -0.143. The van der Waals surface area contributed by atoms with Crippen LogP contribution in [-0.4, -0.2) is 77.7 Å². The van der Waals surface area contributed by atoms with Gasteiger partial charge in [0, 0.05) is 12.5 Å². The van der Waals surface area contributed by atoms with Crippen molar-refractivity contribution in [2.45, 2.75) is 70.6 Å². The molecule has 6 atom stereocenters. The summed E-state index contributed by atoms with van der Waals surface area (Å²) in [7, 11) is 0. The highest BCUT2D eigenvalue weighted by atomic mass is 19.1. The average molecular weight is 580 g/mol. The van der Waals surface area contributed by atoms with Crippen LogP contribution >= 0.6 is 0 Å². The van der Waals surface area contributed by atoms with Crippen LogP contribution in [-0.2, 0) is 25.7 Å². The van der Waals surface area contributed by atoms with Crippen LogP contribution in [0.2, 0.25) is 0 Å². The van der Waals surface area contributed by atoms with Crippen LogP contribution in [0.15, 0.2) is 54.6 Å². The van der Waals surface area contributed by atoms with Crippen LogP contribution in [0.4, 0.5) is 9.18 Å². The summed E-state index contributed by atoms with van der Waals surface area (Å²) in [6, 6.07) is 13.0. The third kappa shape index (κ3) is 7.21. The molecule has 2 aliphatic heterocycles. The number of hydrogen-bond acceptors (Lipinski definition) is 6. The maximum Gasteiger partial charge on any atom is 0.410 e. The van der Waals surface area contributed by atoms with E-state index in [0.29, 0.717) is 25.1 Å². The third-order valence-corrected chi connectivity index (χ3v) is 7.92. The quantitative estimate of drug-likeness (QED) is 0.407. The van der Waals surface area contributed by atoms with Crippen LogP contribution in [0.3, 0.4) is 0 Å². The smallest absolute Gasteiger partial charge is 0.410 e. The number of hydrogen-bond donors (Lipinski definition) is 1. The second-order valence-electron chi connectivity index (χ2n) is 10.7. The number of likely N-dealkylation sites (tertiary alicyclic amines) is 2. The van der Waals surface area contributed by atoms with Crippen molar-refractivity contribution in [1.29, 1.82) is 0 Å². The molecule has 2 aromatic carbocycles. The number of rotatable bonds is 11. The molecule has 0 spiro atoms. The van der Waals surface area contributed by atoms with E-state index in [-0.39, 0.29) is 43.5 Å². The Hall–Kier alpha value is -4.10. The number of nitrogens with zero attached hydrogens (tertiary/aromatic N) is 2. The maximum absolute atomic E-state index is 14.1. The van der Waals surface area contributed by atoms with Gasteiger partial charge in [0.25, 0.3) is 0 Å². The van der Waals surface area contributed by atoms with E-state index in [9.17, 15) is 18.8 Å². The highest BCUT2D eigenvalue weighted by molar-refractivity contribution is 5.89. The Kier molecular flexibility index (Phi) is 10.4. The predicted molar refractivity (Wildman–Crippen MR) is 154 cm³/mol. The zero-order valence-corrected chi connectivity index (χ0v) is 24.2. The summed E-state index contributed by atoms with van der Waals surface area (Å²) < 4.78 is 31.1. The number of ether oxygens (including phenoxy) is 3. The topological polar surface area (TPSA) is 97.4 Å². The van der Waals surface area contributed by atoms with Gasteiger partial charge in [-0.1, -0.05) is 50.1 Å². The molecule has 2 aliphatic rings. The van der Waals surface area contributed by atoms with Gasteiger partial charge < -0.3 is 24.4 Å². The maximum atomic E-state index is 14.1. The number of halogens is 1. The number of benzene rings is 2. The van der Waals surface area contributed by atoms with Gasteiger partial charge in [-0.2, -0.15) is 0 Å². The Labute approximate surface area is 246 Å². The number of nitrogens with one attached hydrogen (secondary N) is 1. The summed E-state index contributed by atoms with van der Waals surface area (Å²) in [5, 5.41) is 2.86. The van der Waals surface area contributed by atoms with Gasteiger partial charge >= 0.3 is 6.09 Å². The molecule has 10 heteroatoms. The molecule has 1 N–H and O–H groups in total.